The van der Waals surface area contributed by atoms with Gasteiger partial charge in [0.05, 0.1) is 0 Å². The van der Waals surface area contributed by atoms with E-state index in [-0.39, 0.29) is 11.9 Å². The monoisotopic (exact) mass is 327 g/mol. The molecule has 1 aromatic rings. The number of hydrogen-bond acceptors (Lipinski definition) is 2. The lowest BCUT2D eigenvalue weighted by Crippen LogP contribution is -2.51. The van der Waals surface area contributed by atoms with Crippen molar-refractivity contribution in [1.82, 2.24) is 9.80 Å². The number of hydrogen-bond donors (Lipinski definition) is 1. The number of piperazine rings is 1. The maximum Gasteiger partial charge on any atom is 0.321 e. The van der Waals surface area contributed by atoms with E-state index in [1.807, 2.05) is 36.1 Å². The highest BCUT2D eigenvalue weighted by molar-refractivity contribution is 5.89. The van der Waals surface area contributed by atoms with Crippen LogP contribution in [0.25, 0.3) is 0 Å². The molecule has 0 aromatic heterocycles. The molecule has 0 bridgehead atoms. The smallest absolute Gasteiger partial charge is 0.321 e. The van der Waals surface area contributed by atoms with Crippen molar-refractivity contribution >= 4 is 17.6 Å². The third-order valence-corrected chi connectivity index (χ3v) is 4.74. The molecule has 1 fully saturated rings. The molecule has 1 saturated heterocycles. The molecule has 0 spiro atoms. The fourth-order valence-corrected chi connectivity index (χ4v) is 3.30. The SMILES string of the molecule is Cc1cccc(NC(=O)N2CCN(C(=O)C[C@@H]3C=CCC3)CC2)c1. The lowest BCUT2D eigenvalue weighted by atomic mass is 10.0. The summed E-state index contributed by atoms with van der Waals surface area (Å²) in [5.74, 6) is 0.616. The van der Waals surface area contributed by atoms with Gasteiger partial charge in [0.25, 0.3) is 0 Å². The predicted octanol–water partition coefficient (Wildman–Crippen LogP) is 3.03. The summed E-state index contributed by atoms with van der Waals surface area (Å²) in [5, 5.41) is 2.93. The van der Waals surface area contributed by atoms with Crippen LogP contribution in [-0.4, -0.2) is 47.9 Å². The Balaban J connectivity index is 1.46. The maximum absolute atomic E-state index is 12.3. The van der Waals surface area contributed by atoms with E-state index in [9.17, 15) is 9.59 Å². The fourth-order valence-electron chi connectivity index (χ4n) is 3.30. The first kappa shape index (κ1) is 16.6. The molecule has 0 saturated carbocycles. The molecule has 1 heterocycles. The number of carbonyl (C=O) groups is 2. The highest BCUT2D eigenvalue weighted by atomic mass is 16.2. The van der Waals surface area contributed by atoms with E-state index >= 15 is 0 Å². The summed E-state index contributed by atoms with van der Waals surface area (Å²) in [6.07, 6.45) is 7.09. The number of rotatable bonds is 3. The number of nitrogens with one attached hydrogen (secondary N) is 1. The number of allylic oxidation sites excluding steroid dienone is 2. The van der Waals surface area contributed by atoms with Crippen LogP contribution in [-0.2, 0) is 4.79 Å². The lowest BCUT2D eigenvalue weighted by molar-refractivity contribution is -0.133. The average Bonchev–Trinajstić information content (AvgIpc) is 3.08. The minimum absolute atomic E-state index is 0.0913. The van der Waals surface area contributed by atoms with Crippen molar-refractivity contribution in [2.75, 3.05) is 31.5 Å². The molecular formula is C19H25N3O2. The van der Waals surface area contributed by atoms with Gasteiger partial charge in [-0.05, 0) is 43.4 Å². The summed E-state index contributed by atoms with van der Waals surface area (Å²) < 4.78 is 0. The molecule has 1 aliphatic heterocycles. The van der Waals surface area contributed by atoms with Gasteiger partial charge in [0.1, 0.15) is 0 Å². The third kappa shape index (κ3) is 4.16. The van der Waals surface area contributed by atoms with Gasteiger partial charge in [-0.15, -0.1) is 0 Å². The molecule has 2 aliphatic rings. The Bertz CT molecular complexity index is 633. The van der Waals surface area contributed by atoms with Crippen LogP contribution >= 0.6 is 0 Å². The molecule has 5 nitrogen and oxygen atoms in total. The molecule has 1 N–H and O–H groups in total. The molecule has 5 heteroatoms. The van der Waals surface area contributed by atoms with Gasteiger partial charge in [-0.1, -0.05) is 24.3 Å². The van der Waals surface area contributed by atoms with Gasteiger partial charge in [0, 0.05) is 38.3 Å². The Kier molecular flexibility index (Phi) is 5.18. The van der Waals surface area contributed by atoms with Crippen LogP contribution < -0.4 is 5.32 Å². The molecule has 1 aliphatic carbocycles. The first-order valence-electron chi connectivity index (χ1n) is 8.69. The normalized spacial score (nSPS) is 20.3. The Morgan fingerprint density at radius 3 is 2.58 bits per heavy atom. The van der Waals surface area contributed by atoms with Crippen molar-refractivity contribution in [3.63, 3.8) is 0 Å². The highest BCUT2D eigenvalue weighted by Crippen LogP contribution is 2.21. The van der Waals surface area contributed by atoms with Gasteiger partial charge in [-0.2, -0.15) is 0 Å². The van der Waals surface area contributed by atoms with Gasteiger partial charge in [0.2, 0.25) is 5.91 Å². The molecule has 3 rings (SSSR count). The van der Waals surface area contributed by atoms with Gasteiger partial charge in [-0.25, -0.2) is 4.79 Å². The van der Waals surface area contributed by atoms with E-state index < -0.39 is 0 Å². The number of nitrogens with zero attached hydrogens (tertiary/aromatic N) is 2. The van der Waals surface area contributed by atoms with E-state index in [0.29, 0.717) is 38.5 Å². The van der Waals surface area contributed by atoms with Crippen LogP contribution in [0.2, 0.25) is 0 Å². The standard InChI is InChI=1S/C19H25N3O2/c1-15-5-4-8-17(13-15)20-19(24)22-11-9-21(10-12-22)18(23)14-16-6-2-3-7-16/h2,4-6,8,13,16H,3,7,9-12,14H2,1H3,(H,20,24)/t16-/m1/s1. The van der Waals surface area contributed by atoms with Crippen molar-refractivity contribution in [1.29, 1.82) is 0 Å². The molecule has 3 amide bonds. The van der Waals surface area contributed by atoms with Crippen LogP contribution in [0.15, 0.2) is 36.4 Å². The minimum Gasteiger partial charge on any atom is -0.339 e. The van der Waals surface area contributed by atoms with Crippen LogP contribution in [0, 0.1) is 12.8 Å². The Labute approximate surface area is 143 Å². The van der Waals surface area contributed by atoms with E-state index in [0.717, 1.165) is 24.1 Å². The van der Waals surface area contributed by atoms with Crippen molar-refractivity contribution in [2.45, 2.75) is 26.2 Å². The Hall–Kier alpha value is -2.30. The largest absolute Gasteiger partial charge is 0.339 e. The molecule has 0 unspecified atom stereocenters. The first-order chi connectivity index (χ1) is 11.6. The van der Waals surface area contributed by atoms with Crippen LogP contribution in [0.5, 0.6) is 0 Å². The lowest BCUT2D eigenvalue weighted by Gasteiger charge is -2.35. The van der Waals surface area contributed by atoms with Gasteiger partial charge in [-0.3, -0.25) is 4.79 Å². The Morgan fingerprint density at radius 1 is 1.17 bits per heavy atom. The number of amides is 3. The number of aryl methyl sites for hydroxylation is 1. The average molecular weight is 327 g/mol. The zero-order valence-corrected chi connectivity index (χ0v) is 14.2. The van der Waals surface area contributed by atoms with Crippen LogP contribution in [0.3, 0.4) is 0 Å². The third-order valence-electron chi connectivity index (χ3n) is 4.74. The first-order valence-corrected chi connectivity index (χ1v) is 8.69. The summed E-state index contributed by atoms with van der Waals surface area (Å²) in [7, 11) is 0. The van der Waals surface area contributed by atoms with Crippen molar-refractivity contribution < 1.29 is 9.59 Å². The van der Waals surface area contributed by atoms with Crippen molar-refractivity contribution in [2.24, 2.45) is 5.92 Å². The van der Waals surface area contributed by atoms with E-state index in [4.69, 9.17) is 0 Å². The predicted molar refractivity (Wildman–Crippen MR) is 94.8 cm³/mol. The highest BCUT2D eigenvalue weighted by Gasteiger charge is 2.25. The summed E-state index contributed by atoms with van der Waals surface area (Å²) in [4.78, 5) is 28.3. The van der Waals surface area contributed by atoms with E-state index in [2.05, 4.69) is 17.5 Å². The number of urea groups is 1. The quantitative estimate of drug-likeness (QED) is 0.868. The van der Waals surface area contributed by atoms with Crippen LogP contribution in [0.4, 0.5) is 10.5 Å². The number of carbonyl (C=O) groups excluding carboxylic acids is 2. The van der Waals surface area contributed by atoms with Gasteiger partial charge < -0.3 is 15.1 Å². The molecule has 128 valence electrons. The summed E-state index contributed by atoms with van der Waals surface area (Å²) >= 11 is 0. The number of anilines is 1. The maximum atomic E-state index is 12.3. The molecule has 1 atom stereocenters. The number of benzene rings is 1. The summed E-state index contributed by atoms with van der Waals surface area (Å²) in [6, 6.07) is 7.68. The van der Waals surface area contributed by atoms with E-state index in [1.54, 1.807) is 4.90 Å². The second-order valence-corrected chi connectivity index (χ2v) is 6.64. The van der Waals surface area contributed by atoms with Gasteiger partial charge in [0.15, 0.2) is 0 Å². The fraction of sp³-hybridized carbons (Fsp3) is 0.474. The molecule has 0 radical (unpaired) electrons. The molecule has 24 heavy (non-hydrogen) atoms. The second-order valence-electron chi connectivity index (χ2n) is 6.64. The summed E-state index contributed by atoms with van der Waals surface area (Å²) in [6.45, 7) is 4.42. The van der Waals surface area contributed by atoms with Crippen LogP contribution in [0.1, 0.15) is 24.8 Å². The van der Waals surface area contributed by atoms with Gasteiger partial charge >= 0.3 is 6.03 Å². The van der Waals surface area contributed by atoms with E-state index in [1.165, 1.54) is 0 Å². The van der Waals surface area contributed by atoms with Crippen molar-refractivity contribution in [3.05, 3.63) is 42.0 Å². The topological polar surface area (TPSA) is 52.7 Å². The summed E-state index contributed by atoms with van der Waals surface area (Å²) in [5.41, 5.74) is 1.93. The molecule has 1 aromatic carbocycles. The Morgan fingerprint density at radius 2 is 1.92 bits per heavy atom. The second kappa shape index (κ2) is 7.51. The zero-order valence-electron chi connectivity index (χ0n) is 14.2. The van der Waals surface area contributed by atoms with Crippen molar-refractivity contribution in [3.8, 4) is 0 Å². The zero-order chi connectivity index (χ0) is 16.9. The molecular weight excluding hydrogens is 302 g/mol. The minimum atomic E-state index is -0.0913.